The number of amides is 1. The number of piperidine rings is 1. The summed E-state index contributed by atoms with van der Waals surface area (Å²) >= 11 is 0. The second-order valence-corrected chi connectivity index (χ2v) is 8.18. The zero-order valence-electron chi connectivity index (χ0n) is 16.2. The summed E-state index contributed by atoms with van der Waals surface area (Å²) < 4.78 is 27.8. The van der Waals surface area contributed by atoms with E-state index in [0.29, 0.717) is 13.1 Å². The predicted octanol–water partition coefficient (Wildman–Crippen LogP) is 2.30. The Bertz CT molecular complexity index is 650. The molecular formula is C20H29FN2O3. The first-order chi connectivity index (χ1) is 12.2. The van der Waals surface area contributed by atoms with Gasteiger partial charge in [0, 0.05) is 20.1 Å². The molecule has 0 radical (unpaired) electrons. The second kappa shape index (κ2) is 6.91. The molecule has 3 rings (SSSR count). The number of carbonyl (C=O) groups is 1. The molecule has 1 amide bonds. The van der Waals surface area contributed by atoms with Crippen molar-refractivity contribution in [2.45, 2.75) is 69.9 Å². The Morgan fingerprint density at radius 2 is 1.81 bits per heavy atom. The second-order valence-electron chi connectivity index (χ2n) is 8.18. The van der Waals surface area contributed by atoms with Gasteiger partial charge in [-0.15, -0.1) is 0 Å². The van der Waals surface area contributed by atoms with Gasteiger partial charge in [-0.1, -0.05) is 30.3 Å². The van der Waals surface area contributed by atoms with Gasteiger partial charge in [0.15, 0.2) is 6.17 Å². The first-order valence-corrected chi connectivity index (χ1v) is 9.15. The number of fused-ring (bicyclic) bond motifs is 1. The number of rotatable bonds is 3. The zero-order chi connectivity index (χ0) is 19.1. The topological polar surface area (TPSA) is 50.8 Å². The van der Waals surface area contributed by atoms with Crippen molar-refractivity contribution in [3.63, 3.8) is 0 Å². The van der Waals surface area contributed by atoms with Crippen LogP contribution in [-0.2, 0) is 20.8 Å². The predicted molar refractivity (Wildman–Crippen MR) is 97.5 cm³/mol. The first kappa shape index (κ1) is 19.3. The lowest BCUT2D eigenvalue weighted by atomic mass is 9.83. The van der Waals surface area contributed by atoms with Gasteiger partial charge in [0.05, 0.1) is 11.2 Å². The van der Waals surface area contributed by atoms with E-state index in [2.05, 4.69) is 5.32 Å². The van der Waals surface area contributed by atoms with E-state index in [4.69, 9.17) is 9.47 Å². The van der Waals surface area contributed by atoms with Crippen LogP contribution in [0, 0.1) is 0 Å². The zero-order valence-corrected chi connectivity index (χ0v) is 16.2. The SMILES string of the molecule is CNC(=O)C1C(F)C2OC(C)(C)C(C)(C)OC2CN1Cc1ccccc1. The minimum absolute atomic E-state index is 0.335. The fourth-order valence-electron chi connectivity index (χ4n) is 3.72. The van der Waals surface area contributed by atoms with Crippen molar-refractivity contribution in [2.24, 2.45) is 0 Å². The van der Waals surface area contributed by atoms with Crippen LogP contribution in [0.1, 0.15) is 33.3 Å². The third-order valence-corrected chi connectivity index (χ3v) is 5.86. The number of halogens is 1. The van der Waals surface area contributed by atoms with Crippen molar-refractivity contribution in [3.8, 4) is 0 Å². The molecular weight excluding hydrogens is 335 g/mol. The van der Waals surface area contributed by atoms with Crippen LogP contribution in [0.15, 0.2) is 30.3 Å². The lowest BCUT2D eigenvalue weighted by Gasteiger charge is -2.56. The summed E-state index contributed by atoms with van der Waals surface area (Å²) in [5.41, 5.74) is -0.164. The Morgan fingerprint density at radius 3 is 2.42 bits per heavy atom. The quantitative estimate of drug-likeness (QED) is 0.894. The fourth-order valence-corrected chi connectivity index (χ4v) is 3.72. The summed E-state index contributed by atoms with van der Waals surface area (Å²) in [5.74, 6) is -0.335. The molecule has 144 valence electrons. The van der Waals surface area contributed by atoms with E-state index < -0.39 is 35.6 Å². The Kier molecular flexibility index (Phi) is 5.12. The highest BCUT2D eigenvalue weighted by atomic mass is 19.1. The molecule has 1 aromatic carbocycles. The average molecular weight is 364 g/mol. The normalized spacial score (nSPS) is 33.3. The van der Waals surface area contributed by atoms with Gasteiger partial charge in [-0.3, -0.25) is 9.69 Å². The molecule has 2 aliphatic rings. The average Bonchev–Trinajstić information content (AvgIpc) is 2.57. The van der Waals surface area contributed by atoms with Crippen molar-refractivity contribution in [1.29, 1.82) is 0 Å². The molecule has 0 saturated carbocycles. The number of carbonyl (C=O) groups excluding carboxylic acids is 1. The molecule has 0 aromatic heterocycles. The Hall–Kier alpha value is -1.50. The summed E-state index contributed by atoms with van der Waals surface area (Å²) in [7, 11) is 1.53. The lowest BCUT2D eigenvalue weighted by Crippen LogP contribution is -2.71. The third-order valence-electron chi connectivity index (χ3n) is 5.86. The number of nitrogens with one attached hydrogen (secondary N) is 1. The molecule has 0 aliphatic carbocycles. The van der Waals surface area contributed by atoms with Crippen LogP contribution in [0.4, 0.5) is 4.39 Å². The number of likely N-dealkylation sites (N-methyl/N-ethyl adjacent to an activating group) is 1. The van der Waals surface area contributed by atoms with E-state index in [9.17, 15) is 4.79 Å². The van der Waals surface area contributed by atoms with Crippen molar-refractivity contribution < 1.29 is 18.7 Å². The van der Waals surface area contributed by atoms with Gasteiger partial charge in [-0.2, -0.15) is 0 Å². The third kappa shape index (κ3) is 3.38. The number of ether oxygens (including phenoxy) is 2. The maximum absolute atomic E-state index is 15.5. The maximum Gasteiger partial charge on any atom is 0.240 e. The number of nitrogens with zero attached hydrogens (tertiary/aromatic N) is 1. The van der Waals surface area contributed by atoms with E-state index in [1.54, 1.807) is 0 Å². The van der Waals surface area contributed by atoms with Crippen LogP contribution in [0.25, 0.3) is 0 Å². The van der Waals surface area contributed by atoms with Gasteiger partial charge in [-0.05, 0) is 33.3 Å². The molecule has 1 aromatic rings. The van der Waals surface area contributed by atoms with Crippen molar-refractivity contribution in [1.82, 2.24) is 10.2 Å². The monoisotopic (exact) mass is 364 g/mol. The molecule has 2 fully saturated rings. The van der Waals surface area contributed by atoms with Crippen LogP contribution >= 0.6 is 0 Å². The molecule has 6 heteroatoms. The maximum atomic E-state index is 15.5. The summed E-state index contributed by atoms with van der Waals surface area (Å²) in [4.78, 5) is 14.3. The molecule has 26 heavy (non-hydrogen) atoms. The van der Waals surface area contributed by atoms with Gasteiger partial charge in [0.25, 0.3) is 0 Å². The summed E-state index contributed by atoms with van der Waals surface area (Å²) in [5, 5.41) is 2.60. The van der Waals surface area contributed by atoms with Gasteiger partial charge >= 0.3 is 0 Å². The van der Waals surface area contributed by atoms with E-state index in [1.807, 2.05) is 62.9 Å². The summed E-state index contributed by atoms with van der Waals surface area (Å²) in [6, 6.07) is 8.87. The van der Waals surface area contributed by atoms with E-state index in [1.165, 1.54) is 7.05 Å². The summed E-state index contributed by atoms with van der Waals surface area (Å²) in [6.45, 7) is 8.65. The molecule has 4 atom stereocenters. The minimum Gasteiger partial charge on any atom is -0.365 e. The molecule has 0 bridgehead atoms. The van der Waals surface area contributed by atoms with Gasteiger partial charge in [0.2, 0.25) is 5.91 Å². The fraction of sp³-hybridized carbons (Fsp3) is 0.650. The van der Waals surface area contributed by atoms with Crippen molar-refractivity contribution >= 4 is 5.91 Å². The van der Waals surface area contributed by atoms with Crippen LogP contribution in [0.3, 0.4) is 0 Å². The molecule has 4 unspecified atom stereocenters. The molecule has 1 N–H and O–H groups in total. The Morgan fingerprint density at radius 1 is 1.19 bits per heavy atom. The molecule has 2 heterocycles. The molecule has 2 saturated heterocycles. The van der Waals surface area contributed by atoms with Gasteiger partial charge < -0.3 is 14.8 Å². The molecule has 2 aliphatic heterocycles. The Balaban J connectivity index is 1.89. The van der Waals surface area contributed by atoms with Crippen LogP contribution in [0.2, 0.25) is 0 Å². The highest BCUT2D eigenvalue weighted by molar-refractivity contribution is 5.82. The highest BCUT2D eigenvalue weighted by Gasteiger charge is 2.57. The number of likely N-dealkylation sites (tertiary alicyclic amines) is 1. The van der Waals surface area contributed by atoms with Gasteiger partial charge in [0.1, 0.15) is 18.2 Å². The Labute approximate surface area is 154 Å². The number of alkyl halides is 1. The molecule has 0 spiro atoms. The van der Waals surface area contributed by atoms with E-state index >= 15 is 4.39 Å². The largest absolute Gasteiger partial charge is 0.365 e. The lowest BCUT2D eigenvalue weighted by molar-refractivity contribution is -0.320. The van der Waals surface area contributed by atoms with Gasteiger partial charge in [-0.25, -0.2) is 4.39 Å². The minimum atomic E-state index is -1.47. The smallest absolute Gasteiger partial charge is 0.240 e. The van der Waals surface area contributed by atoms with Crippen molar-refractivity contribution in [3.05, 3.63) is 35.9 Å². The number of benzene rings is 1. The first-order valence-electron chi connectivity index (χ1n) is 9.15. The van der Waals surface area contributed by atoms with Crippen LogP contribution in [0.5, 0.6) is 0 Å². The van der Waals surface area contributed by atoms with E-state index in [-0.39, 0.29) is 5.91 Å². The molecule has 5 nitrogen and oxygen atoms in total. The van der Waals surface area contributed by atoms with Crippen LogP contribution in [-0.4, -0.2) is 60.0 Å². The number of hydrogen-bond donors (Lipinski definition) is 1. The van der Waals surface area contributed by atoms with E-state index in [0.717, 1.165) is 5.56 Å². The summed E-state index contributed by atoms with van der Waals surface area (Å²) in [6.07, 6.45) is -2.64. The van der Waals surface area contributed by atoms with Crippen LogP contribution < -0.4 is 5.32 Å². The number of hydrogen-bond acceptors (Lipinski definition) is 4. The highest BCUT2D eigenvalue weighted by Crippen LogP contribution is 2.42. The van der Waals surface area contributed by atoms with Crippen molar-refractivity contribution in [2.75, 3.05) is 13.6 Å². The standard InChI is InChI=1S/C20H29FN2O3/c1-19(2)20(3,4)26-17-14(25-19)12-23(11-13-9-7-6-8-10-13)16(15(17)21)18(24)22-5/h6-10,14-17H,11-12H2,1-5H3,(H,22,24).